The van der Waals surface area contributed by atoms with Gasteiger partial charge in [-0.15, -0.1) is 0 Å². The summed E-state index contributed by atoms with van der Waals surface area (Å²) in [6.07, 6.45) is 1.04. The molecular formula is C14H19N3O2. The Kier molecular flexibility index (Phi) is 4.04. The molecule has 1 N–H and O–H groups in total. The molecule has 2 rings (SSSR count). The van der Waals surface area contributed by atoms with Crippen molar-refractivity contribution in [3.05, 3.63) is 57.5 Å². The molecule has 102 valence electrons. The lowest BCUT2D eigenvalue weighted by Crippen LogP contribution is -2.20. The van der Waals surface area contributed by atoms with E-state index in [2.05, 4.69) is 43.4 Å². The smallest absolute Gasteiger partial charge is 0.274 e. The fourth-order valence-corrected chi connectivity index (χ4v) is 2.17. The van der Waals surface area contributed by atoms with Gasteiger partial charge in [-0.2, -0.15) is 0 Å². The SMILES string of the molecule is CC(C)c1ccc(CN2CCN/C2=C\[N+](=O)[O-])cc1. The topological polar surface area (TPSA) is 58.4 Å². The summed E-state index contributed by atoms with van der Waals surface area (Å²) < 4.78 is 0. The molecule has 1 aromatic carbocycles. The Morgan fingerprint density at radius 1 is 1.42 bits per heavy atom. The summed E-state index contributed by atoms with van der Waals surface area (Å²) in [6, 6.07) is 8.44. The minimum atomic E-state index is -0.414. The van der Waals surface area contributed by atoms with Gasteiger partial charge < -0.3 is 10.2 Å². The molecule has 19 heavy (non-hydrogen) atoms. The summed E-state index contributed by atoms with van der Waals surface area (Å²) >= 11 is 0. The number of nitrogens with one attached hydrogen (secondary N) is 1. The fraction of sp³-hybridized carbons (Fsp3) is 0.429. The van der Waals surface area contributed by atoms with Crippen LogP contribution in [0.4, 0.5) is 0 Å². The molecule has 0 radical (unpaired) electrons. The molecule has 5 nitrogen and oxygen atoms in total. The standard InChI is InChI=1S/C14H19N3O2/c1-11(2)13-5-3-12(4-6-13)9-16-8-7-15-14(16)10-17(18)19/h3-6,10-11,15H,7-9H2,1-2H3/b14-10+. The van der Waals surface area contributed by atoms with Crippen LogP contribution in [0.2, 0.25) is 0 Å². The van der Waals surface area contributed by atoms with Crippen LogP contribution in [0, 0.1) is 10.1 Å². The Morgan fingerprint density at radius 3 is 2.68 bits per heavy atom. The average Bonchev–Trinajstić information content (AvgIpc) is 2.76. The van der Waals surface area contributed by atoms with E-state index in [4.69, 9.17) is 0 Å². The van der Waals surface area contributed by atoms with Crippen molar-refractivity contribution < 1.29 is 4.92 Å². The van der Waals surface area contributed by atoms with Crippen LogP contribution in [0.15, 0.2) is 36.3 Å². The van der Waals surface area contributed by atoms with Gasteiger partial charge in [0.25, 0.3) is 6.20 Å². The largest absolute Gasteiger partial charge is 0.365 e. The van der Waals surface area contributed by atoms with Crippen LogP contribution in [-0.2, 0) is 6.54 Å². The summed E-state index contributed by atoms with van der Waals surface area (Å²) in [5.74, 6) is 1.12. The highest BCUT2D eigenvalue weighted by molar-refractivity contribution is 5.25. The van der Waals surface area contributed by atoms with Crippen LogP contribution in [-0.4, -0.2) is 22.9 Å². The Balaban J connectivity index is 2.06. The van der Waals surface area contributed by atoms with Gasteiger partial charge in [0.2, 0.25) is 0 Å². The van der Waals surface area contributed by atoms with Crippen molar-refractivity contribution in [2.75, 3.05) is 13.1 Å². The van der Waals surface area contributed by atoms with E-state index in [-0.39, 0.29) is 0 Å². The van der Waals surface area contributed by atoms with Gasteiger partial charge in [0, 0.05) is 19.6 Å². The normalized spacial score (nSPS) is 17.0. The van der Waals surface area contributed by atoms with Gasteiger partial charge in [-0.05, 0) is 17.0 Å². The van der Waals surface area contributed by atoms with Gasteiger partial charge >= 0.3 is 0 Å². The number of hydrogen-bond donors (Lipinski definition) is 1. The van der Waals surface area contributed by atoms with Crippen molar-refractivity contribution in [3.8, 4) is 0 Å². The van der Waals surface area contributed by atoms with Gasteiger partial charge in [-0.3, -0.25) is 10.1 Å². The second-order valence-corrected chi connectivity index (χ2v) is 5.04. The van der Waals surface area contributed by atoms with Crippen LogP contribution in [0.1, 0.15) is 30.9 Å². The quantitative estimate of drug-likeness (QED) is 0.667. The van der Waals surface area contributed by atoms with E-state index in [1.165, 1.54) is 11.1 Å². The molecule has 1 aromatic rings. The van der Waals surface area contributed by atoms with Crippen molar-refractivity contribution in [1.29, 1.82) is 0 Å². The van der Waals surface area contributed by atoms with Gasteiger partial charge in [-0.25, -0.2) is 0 Å². The average molecular weight is 261 g/mol. The Labute approximate surface area is 113 Å². The zero-order valence-electron chi connectivity index (χ0n) is 11.3. The van der Waals surface area contributed by atoms with Gasteiger partial charge in [-0.1, -0.05) is 38.1 Å². The number of hydrogen-bond acceptors (Lipinski definition) is 4. The molecule has 0 aromatic heterocycles. The molecule has 0 unspecified atom stereocenters. The minimum absolute atomic E-state index is 0.414. The molecule has 0 atom stereocenters. The summed E-state index contributed by atoms with van der Waals surface area (Å²) in [7, 11) is 0. The van der Waals surface area contributed by atoms with Crippen molar-refractivity contribution in [2.24, 2.45) is 0 Å². The van der Waals surface area contributed by atoms with Crippen molar-refractivity contribution in [1.82, 2.24) is 10.2 Å². The van der Waals surface area contributed by atoms with E-state index < -0.39 is 4.92 Å². The molecule has 1 fully saturated rings. The molecule has 1 aliphatic rings. The Morgan fingerprint density at radius 2 is 2.11 bits per heavy atom. The summed E-state index contributed by atoms with van der Waals surface area (Å²) in [6.45, 7) is 6.58. The maximum atomic E-state index is 10.5. The lowest BCUT2D eigenvalue weighted by atomic mass is 10.0. The monoisotopic (exact) mass is 261 g/mol. The first kappa shape index (κ1) is 13.4. The number of benzene rings is 1. The maximum Gasteiger partial charge on any atom is 0.274 e. The first-order valence-corrected chi connectivity index (χ1v) is 6.49. The van der Waals surface area contributed by atoms with Crippen molar-refractivity contribution in [3.63, 3.8) is 0 Å². The fourth-order valence-electron chi connectivity index (χ4n) is 2.17. The van der Waals surface area contributed by atoms with E-state index in [9.17, 15) is 10.1 Å². The lowest BCUT2D eigenvalue weighted by Gasteiger charge is -2.17. The molecule has 0 aliphatic carbocycles. The van der Waals surface area contributed by atoms with Crippen molar-refractivity contribution >= 4 is 0 Å². The number of nitro groups is 1. The molecular weight excluding hydrogens is 242 g/mol. The van der Waals surface area contributed by atoms with Gasteiger partial charge in [0.05, 0.1) is 4.92 Å². The maximum absolute atomic E-state index is 10.5. The molecule has 0 saturated carbocycles. The Bertz CT molecular complexity index is 480. The first-order chi connectivity index (χ1) is 9.06. The number of rotatable bonds is 4. The molecule has 5 heteroatoms. The van der Waals surface area contributed by atoms with Crippen LogP contribution in [0.25, 0.3) is 0 Å². The second-order valence-electron chi connectivity index (χ2n) is 5.04. The van der Waals surface area contributed by atoms with Crippen LogP contribution in [0.3, 0.4) is 0 Å². The predicted octanol–water partition coefficient (Wildman–Crippen LogP) is 2.29. The molecule has 0 amide bonds. The lowest BCUT2D eigenvalue weighted by molar-refractivity contribution is -0.404. The zero-order chi connectivity index (χ0) is 13.8. The zero-order valence-corrected chi connectivity index (χ0v) is 11.3. The van der Waals surface area contributed by atoms with E-state index in [0.29, 0.717) is 18.3 Å². The third-order valence-electron chi connectivity index (χ3n) is 3.28. The second kappa shape index (κ2) is 5.73. The molecule has 1 aliphatic heterocycles. The third kappa shape index (κ3) is 3.47. The highest BCUT2D eigenvalue weighted by atomic mass is 16.6. The van der Waals surface area contributed by atoms with Crippen molar-refractivity contribution in [2.45, 2.75) is 26.3 Å². The van der Waals surface area contributed by atoms with Crippen LogP contribution >= 0.6 is 0 Å². The highest BCUT2D eigenvalue weighted by Gasteiger charge is 2.19. The predicted molar refractivity (Wildman–Crippen MR) is 74.0 cm³/mol. The summed E-state index contributed by atoms with van der Waals surface area (Å²) in [5.41, 5.74) is 2.48. The van der Waals surface area contributed by atoms with E-state index in [0.717, 1.165) is 19.3 Å². The first-order valence-electron chi connectivity index (χ1n) is 6.49. The van der Waals surface area contributed by atoms with Crippen LogP contribution in [0.5, 0.6) is 0 Å². The van der Waals surface area contributed by atoms with Gasteiger partial charge in [0.15, 0.2) is 5.82 Å². The van der Waals surface area contributed by atoms with E-state index in [1.807, 2.05) is 4.90 Å². The molecule has 0 spiro atoms. The summed E-state index contributed by atoms with van der Waals surface area (Å²) in [5, 5.41) is 13.6. The summed E-state index contributed by atoms with van der Waals surface area (Å²) in [4.78, 5) is 12.1. The van der Waals surface area contributed by atoms with E-state index >= 15 is 0 Å². The van der Waals surface area contributed by atoms with Crippen LogP contribution < -0.4 is 5.32 Å². The number of nitrogens with zero attached hydrogens (tertiary/aromatic N) is 2. The molecule has 0 bridgehead atoms. The molecule has 1 saturated heterocycles. The molecule has 1 heterocycles. The van der Waals surface area contributed by atoms with E-state index in [1.54, 1.807) is 0 Å². The minimum Gasteiger partial charge on any atom is -0.365 e. The third-order valence-corrected chi connectivity index (χ3v) is 3.28. The Hall–Kier alpha value is -2.04. The van der Waals surface area contributed by atoms with Gasteiger partial charge in [0.1, 0.15) is 0 Å². The highest BCUT2D eigenvalue weighted by Crippen LogP contribution is 2.17.